The van der Waals surface area contributed by atoms with E-state index in [1.165, 1.54) is 22.5 Å². The standard InChI is InChI=1S/C28H28N4/c1-20-11-14-28-25(17-20)24-9-3-4-10-27(24)32(28)23(13-12-22-8-6-16-31-19-22)18-26(30)21(2)7-5-15-29/h3-11,13-19H,12,29-30H2,1-2H3/b15-5-,21-7+,23-13+,26-18-. The summed E-state index contributed by atoms with van der Waals surface area (Å²) in [6.45, 7) is 4.11. The second-order valence-electron chi connectivity index (χ2n) is 7.90. The lowest BCUT2D eigenvalue weighted by Crippen LogP contribution is -2.03. The van der Waals surface area contributed by atoms with Crippen LogP contribution in [-0.4, -0.2) is 9.55 Å². The number of nitrogens with two attached hydrogens (primary N) is 2. The number of hydrogen-bond donors (Lipinski definition) is 2. The number of allylic oxidation sites excluding steroid dienone is 6. The van der Waals surface area contributed by atoms with Crippen LogP contribution in [0.15, 0.2) is 109 Å². The van der Waals surface area contributed by atoms with Gasteiger partial charge in [0.2, 0.25) is 0 Å². The van der Waals surface area contributed by atoms with Gasteiger partial charge in [-0.1, -0.05) is 48.0 Å². The van der Waals surface area contributed by atoms with Crippen molar-refractivity contribution in [3.63, 3.8) is 0 Å². The van der Waals surface area contributed by atoms with Crippen molar-refractivity contribution in [3.8, 4) is 0 Å². The number of aryl methyl sites for hydroxylation is 1. The topological polar surface area (TPSA) is 69.9 Å². The molecule has 2 aromatic heterocycles. The molecule has 160 valence electrons. The van der Waals surface area contributed by atoms with Crippen molar-refractivity contribution in [2.45, 2.75) is 20.3 Å². The van der Waals surface area contributed by atoms with Crippen LogP contribution in [0.3, 0.4) is 0 Å². The van der Waals surface area contributed by atoms with Gasteiger partial charge >= 0.3 is 0 Å². The Morgan fingerprint density at radius 3 is 2.62 bits per heavy atom. The third-order valence-electron chi connectivity index (χ3n) is 5.57. The number of hydrogen-bond acceptors (Lipinski definition) is 3. The van der Waals surface area contributed by atoms with E-state index in [2.05, 4.69) is 71.1 Å². The zero-order valence-electron chi connectivity index (χ0n) is 18.5. The number of fused-ring (bicyclic) bond motifs is 3. The highest BCUT2D eigenvalue weighted by Crippen LogP contribution is 2.33. The Bertz CT molecular complexity index is 1370. The third kappa shape index (κ3) is 4.35. The first-order valence-electron chi connectivity index (χ1n) is 10.7. The summed E-state index contributed by atoms with van der Waals surface area (Å²) in [4.78, 5) is 4.25. The maximum Gasteiger partial charge on any atom is 0.0541 e. The molecule has 0 aliphatic carbocycles. The molecule has 32 heavy (non-hydrogen) atoms. The largest absolute Gasteiger partial charge is 0.405 e. The summed E-state index contributed by atoms with van der Waals surface area (Å²) in [7, 11) is 0. The van der Waals surface area contributed by atoms with Crippen LogP contribution in [0, 0.1) is 6.92 Å². The molecule has 0 amide bonds. The fraction of sp³-hybridized carbons (Fsp3) is 0.107. The molecule has 4 nitrogen and oxygen atoms in total. The van der Waals surface area contributed by atoms with Gasteiger partial charge in [0, 0.05) is 34.6 Å². The number of rotatable bonds is 6. The van der Waals surface area contributed by atoms with Gasteiger partial charge in [0.05, 0.1) is 11.0 Å². The summed E-state index contributed by atoms with van der Waals surface area (Å²) in [5.74, 6) is 0. The second kappa shape index (κ2) is 9.40. The SMILES string of the molecule is CC(=C\C=C/N)/C(N)=C/C(=C\Cc1cccnc1)n1c2ccccc2c2cc(C)ccc21. The summed E-state index contributed by atoms with van der Waals surface area (Å²) < 4.78 is 2.29. The Balaban J connectivity index is 1.94. The van der Waals surface area contributed by atoms with Crippen molar-refractivity contribution in [3.05, 3.63) is 120 Å². The molecule has 4 aromatic rings. The third-order valence-corrected chi connectivity index (χ3v) is 5.57. The maximum absolute atomic E-state index is 6.50. The van der Waals surface area contributed by atoms with Crippen molar-refractivity contribution in [1.29, 1.82) is 0 Å². The lowest BCUT2D eigenvalue weighted by atomic mass is 10.1. The maximum atomic E-state index is 6.50. The van der Waals surface area contributed by atoms with Crippen LogP contribution < -0.4 is 11.5 Å². The molecule has 2 aromatic carbocycles. The van der Waals surface area contributed by atoms with Crippen LogP contribution in [0.4, 0.5) is 0 Å². The Morgan fingerprint density at radius 1 is 1.03 bits per heavy atom. The van der Waals surface area contributed by atoms with E-state index in [9.17, 15) is 0 Å². The number of benzene rings is 2. The molecular formula is C28H28N4. The van der Waals surface area contributed by atoms with E-state index in [1.54, 1.807) is 12.3 Å². The van der Waals surface area contributed by atoms with Crippen LogP contribution in [-0.2, 0) is 6.42 Å². The van der Waals surface area contributed by atoms with Gasteiger partial charge in [-0.3, -0.25) is 4.98 Å². The summed E-state index contributed by atoms with van der Waals surface area (Å²) in [5, 5.41) is 2.46. The van der Waals surface area contributed by atoms with Crippen LogP contribution in [0.5, 0.6) is 0 Å². The monoisotopic (exact) mass is 420 g/mol. The number of nitrogens with zero attached hydrogens (tertiary/aromatic N) is 2. The molecule has 0 saturated heterocycles. The van der Waals surface area contributed by atoms with E-state index in [1.807, 2.05) is 31.3 Å². The summed E-state index contributed by atoms with van der Waals surface area (Å²) >= 11 is 0. The van der Waals surface area contributed by atoms with Crippen molar-refractivity contribution in [2.24, 2.45) is 11.5 Å². The minimum atomic E-state index is 0.693. The Morgan fingerprint density at radius 2 is 1.84 bits per heavy atom. The molecule has 0 bridgehead atoms. The van der Waals surface area contributed by atoms with Gasteiger partial charge in [-0.2, -0.15) is 0 Å². The molecule has 2 heterocycles. The van der Waals surface area contributed by atoms with Crippen molar-refractivity contribution in [1.82, 2.24) is 9.55 Å². The van der Waals surface area contributed by atoms with Gasteiger partial charge in [0.25, 0.3) is 0 Å². The molecule has 0 atom stereocenters. The molecule has 4 rings (SSSR count). The Labute approximate surface area is 188 Å². The van der Waals surface area contributed by atoms with Crippen LogP contribution in [0.25, 0.3) is 27.5 Å². The summed E-state index contributed by atoms with van der Waals surface area (Å²) in [5.41, 5.74) is 19.4. The first kappa shape index (κ1) is 21.2. The molecule has 4 N–H and O–H groups in total. The minimum Gasteiger partial charge on any atom is -0.405 e. The average molecular weight is 421 g/mol. The average Bonchev–Trinajstić information content (AvgIpc) is 3.14. The first-order valence-corrected chi connectivity index (χ1v) is 10.7. The van der Waals surface area contributed by atoms with Gasteiger partial charge in [0.1, 0.15) is 0 Å². The molecule has 0 aliphatic heterocycles. The highest BCUT2D eigenvalue weighted by molar-refractivity contribution is 6.10. The van der Waals surface area contributed by atoms with E-state index in [-0.39, 0.29) is 0 Å². The number of aromatic nitrogens is 2. The molecule has 0 spiro atoms. The molecular weight excluding hydrogens is 392 g/mol. The predicted molar refractivity (Wildman–Crippen MR) is 136 cm³/mol. The molecule has 0 unspecified atom stereocenters. The first-order chi connectivity index (χ1) is 15.6. The predicted octanol–water partition coefficient (Wildman–Crippen LogP) is 5.84. The van der Waals surface area contributed by atoms with Crippen molar-refractivity contribution in [2.75, 3.05) is 0 Å². The molecule has 0 radical (unpaired) electrons. The Hall–Kier alpha value is -4.05. The van der Waals surface area contributed by atoms with E-state index < -0.39 is 0 Å². The van der Waals surface area contributed by atoms with Crippen molar-refractivity contribution >= 4 is 27.5 Å². The normalized spacial score (nSPS) is 13.5. The van der Waals surface area contributed by atoms with E-state index >= 15 is 0 Å². The van der Waals surface area contributed by atoms with Crippen LogP contribution >= 0.6 is 0 Å². The van der Waals surface area contributed by atoms with Crippen molar-refractivity contribution < 1.29 is 0 Å². The lowest BCUT2D eigenvalue weighted by molar-refractivity contribution is 1.15. The van der Waals surface area contributed by atoms with Crippen LogP contribution in [0.2, 0.25) is 0 Å². The summed E-state index contributed by atoms with van der Waals surface area (Å²) in [6.07, 6.45) is 13.9. The van der Waals surface area contributed by atoms with E-state index in [0.717, 1.165) is 34.3 Å². The van der Waals surface area contributed by atoms with Gasteiger partial charge in [-0.25, -0.2) is 0 Å². The van der Waals surface area contributed by atoms with Gasteiger partial charge in [-0.15, -0.1) is 0 Å². The highest BCUT2D eigenvalue weighted by atomic mass is 15.0. The van der Waals surface area contributed by atoms with Gasteiger partial charge < -0.3 is 16.0 Å². The lowest BCUT2D eigenvalue weighted by Gasteiger charge is -2.12. The molecule has 0 fully saturated rings. The van der Waals surface area contributed by atoms with Crippen LogP contribution in [0.1, 0.15) is 18.1 Å². The summed E-state index contributed by atoms with van der Waals surface area (Å²) in [6, 6.07) is 19.1. The Kier molecular flexibility index (Phi) is 6.22. The molecule has 0 aliphatic rings. The minimum absolute atomic E-state index is 0.693. The van der Waals surface area contributed by atoms with E-state index in [0.29, 0.717) is 5.70 Å². The molecule has 0 saturated carbocycles. The second-order valence-corrected chi connectivity index (χ2v) is 7.90. The highest BCUT2D eigenvalue weighted by Gasteiger charge is 2.13. The van der Waals surface area contributed by atoms with Gasteiger partial charge in [-0.05, 0) is 74.0 Å². The van der Waals surface area contributed by atoms with E-state index in [4.69, 9.17) is 11.5 Å². The fourth-order valence-electron chi connectivity index (χ4n) is 3.89. The zero-order chi connectivity index (χ0) is 22.5. The zero-order valence-corrected chi connectivity index (χ0v) is 18.5. The quantitative estimate of drug-likeness (QED) is 0.385. The number of para-hydroxylation sites is 1. The smallest absolute Gasteiger partial charge is 0.0541 e. The van der Waals surface area contributed by atoms with Gasteiger partial charge in [0.15, 0.2) is 0 Å². The molecule has 4 heteroatoms. The fourth-order valence-corrected chi connectivity index (χ4v) is 3.89. The number of pyridine rings is 1.